The summed E-state index contributed by atoms with van der Waals surface area (Å²) >= 11 is 0. The van der Waals surface area contributed by atoms with E-state index in [0.717, 1.165) is 23.9 Å². The summed E-state index contributed by atoms with van der Waals surface area (Å²) < 4.78 is 0. The van der Waals surface area contributed by atoms with Gasteiger partial charge in [0.05, 0.1) is 0 Å². The van der Waals surface area contributed by atoms with Crippen LogP contribution in [0.3, 0.4) is 0 Å². The van der Waals surface area contributed by atoms with Crippen molar-refractivity contribution < 1.29 is 0 Å². The first-order valence-corrected chi connectivity index (χ1v) is 9.84. The van der Waals surface area contributed by atoms with Gasteiger partial charge in [-0.05, 0) is 63.3 Å². The standard InChI is InChI=1S/C19H36N2/c1-2-13-20-18-7-5-3-4-6-8-19(18)21(14-16-9-10-16)15-17-11-12-17/h16-20H,2-15H2,1H3. The molecule has 0 radical (unpaired) electrons. The number of nitrogens with zero attached hydrogens (tertiary/aromatic N) is 1. The van der Waals surface area contributed by atoms with Crippen molar-refractivity contribution in [3.63, 3.8) is 0 Å². The average Bonchev–Trinajstić information content (AvgIpc) is 3.33. The summed E-state index contributed by atoms with van der Waals surface area (Å²) in [4.78, 5) is 2.94. The van der Waals surface area contributed by atoms with E-state index in [1.165, 1.54) is 90.3 Å². The molecule has 0 saturated heterocycles. The number of hydrogen-bond acceptors (Lipinski definition) is 2. The molecule has 3 aliphatic carbocycles. The topological polar surface area (TPSA) is 15.3 Å². The van der Waals surface area contributed by atoms with Crippen LogP contribution in [0.2, 0.25) is 0 Å². The molecule has 2 heteroatoms. The Morgan fingerprint density at radius 1 is 0.810 bits per heavy atom. The predicted octanol–water partition coefficient (Wildman–Crippen LogP) is 4.20. The maximum atomic E-state index is 3.92. The van der Waals surface area contributed by atoms with E-state index in [1.807, 2.05) is 0 Å². The molecule has 3 saturated carbocycles. The minimum absolute atomic E-state index is 0.766. The van der Waals surface area contributed by atoms with Crippen molar-refractivity contribution in [2.45, 2.75) is 89.6 Å². The van der Waals surface area contributed by atoms with Crippen LogP contribution >= 0.6 is 0 Å². The van der Waals surface area contributed by atoms with Crippen LogP contribution in [0.15, 0.2) is 0 Å². The quantitative estimate of drug-likeness (QED) is 0.721. The molecular formula is C19H36N2. The fraction of sp³-hybridized carbons (Fsp3) is 1.00. The molecule has 0 bridgehead atoms. The zero-order valence-corrected chi connectivity index (χ0v) is 14.2. The Kier molecular flexibility index (Phi) is 5.99. The molecule has 0 spiro atoms. The first-order chi connectivity index (χ1) is 10.4. The number of hydrogen-bond donors (Lipinski definition) is 1. The Bertz CT molecular complexity index is 280. The summed E-state index contributed by atoms with van der Waals surface area (Å²) in [7, 11) is 0. The van der Waals surface area contributed by atoms with E-state index in [0.29, 0.717) is 0 Å². The highest BCUT2D eigenvalue weighted by atomic mass is 15.2. The van der Waals surface area contributed by atoms with Crippen LogP contribution in [0.25, 0.3) is 0 Å². The summed E-state index contributed by atoms with van der Waals surface area (Å²) in [5.41, 5.74) is 0. The van der Waals surface area contributed by atoms with Crippen LogP contribution in [-0.2, 0) is 0 Å². The lowest BCUT2D eigenvalue weighted by molar-refractivity contribution is 0.122. The molecule has 2 atom stereocenters. The molecule has 0 aromatic heterocycles. The Morgan fingerprint density at radius 2 is 1.43 bits per heavy atom. The van der Waals surface area contributed by atoms with Crippen LogP contribution < -0.4 is 5.32 Å². The molecule has 0 aromatic rings. The van der Waals surface area contributed by atoms with Crippen molar-refractivity contribution in [1.29, 1.82) is 0 Å². The molecule has 0 amide bonds. The lowest BCUT2D eigenvalue weighted by Crippen LogP contribution is -2.52. The average molecular weight is 293 g/mol. The minimum atomic E-state index is 0.766. The SMILES string of the molecule is CCCNC1CCCCCCC1N(CC1CC1)CC1CC1. The van der Waals surface area contributed by atoms with E-state index < -0.39 is 0 Å². The van der Waals surface area contributed by atoms with Gasteiger partial charge < -0.3 is 5.32 Å². The summed E-state index contributed by atoms with van der Waals surface area (Å²) in [6.45, 7) is 6.33. The third kappa shape index (κ3) is 5.25. The van der Waals surface area contributed by atoms with Crippen molar-refractivity contribution in [3.05, 3.63) is 0 Å². The maximum absolute atomic E-state index is 3.92. The van der Waals surface area contributed by atoms with Crippen LogP contribution in [0.4, 0.5) is 0 Å². The Hall–Kier alpha value is -0.0800. The van der Waals surface area contributed by atoms with Gasteiger partial charge in [-0.15, -0.1) is 0 Å². The lowest BCUT2D eigenvalue weighted by Gasteiger charge is -2.39. The fourth-order valence-electron chi connectivity index (χ4n) is 4.08. The molecule has 1 N–H and O–H groups in total. The van der Waals surface area contributed by atoms with Crippen LogP contribution in [0.5, 0.6) is 0 Å². The van der Waals surface area contributed by atoms with Gasteiger partial charge in [0, 0.05) is 25.2 Å². The molecular weight excluding hydrogens is 256 g/mol. The fourth-order valence-corrected chi connectivity index (χ4v) is 4.08. The van der Waals surface area contributed by atoms with Crippen LogP contribution in [0.1, 0.15) is 77.6 Å². The Morgan fingerprint density at radius 3 is 2.00 bits per heavy atom. The first kappa shape index (κ1) is 15.8. The number of rotatable bonds is 8. The Labute approximate surface area is 132 Å². The first-order valence-electron chi connectivity index (χ1n) is 9.84. The van der Waals surface area contributed by atoms with Gasteiger partial charge in [-0.2, -0.15) is 0 Å². The zero-order valence-electron chi connectivity index (χ0n) is 14.2. The van der Waals surface area contributed by atoms with Gasteiger partial charge in [0.15, 0.2) is 0 Å². The number of nitrogens with one attached hydrogen (secondary N) is 1. The molecule has 21 heavy (non-hydrogen) atoms. The van der Waals surface area contributed by atoms with Gasteiger partial charge >= 0.3 is 0 Å². The highest BCUT2D eigenvalue weighted by Gasteiger charge is 2.35. The van der Waals surface area contributed by atoms with E-state index in [1.54, 1.807) is 0 Å². The molecule has 3 aliphatic rings. The van der Waals surface area contributed by atoms with Gasteiger partial charge in [-0.3, -0.25) is 4.90 Å². The van der Waals surface area contributed by atoms with Gasteiger partial charge in [-0.25, -0.2) is 0 Å². The largest absolute Gasteiger partial charge is 0.312 e. The van der Waals surface area contributed by atoms with Crippen molar-refractivity contribution >= 4 is 0 Å². The summed E-state index contributed by atoms with van der Waals surface area (Å²) in [6, 6.07) is 1.60. The smallest absolute Gasteiger partial charge is 0.0249 e. The van der Waals surface area contributed by atoms with E-state index in [9.17, 15) is 0 Å². The van der Waals surface area contributed by atoms with E-state index in [-0.39, 0.29) is 0 Å². The molecule has 0 heterocycles. The zero-order chi connectivity index (χ0) is 14.5. The van der Waals surface area contributed by atoms with E-state index in [4.69, 9.17) is 0 Å². The molecule has 3 fully saturated rings. The monoisotopic (exact) mass is 292 g/mol. The molecule has 3 rings (SSSR count). The summed E-state index contributed by atoms with van der Waals surface area (Å²) in [5.74, 6) is 2.09. The van der Waals surface area contributed by atoms with Crippen LogP contribution in [-0.4, -0.2) is 36.6 Å². The maximum Gasteiger partial charge on any atom is 0.0249 e. The Balaban J connectivity index is 1.63. The normalized spacial score (nSPS) is 31.1. The third-order valence-electron chi connectivity index (χ3n) is 5.73. The van der Waals surface area contributed by atoms with E-state index >= 15 is 0 Å². The second-order valence-corrected chi connectivity index (χ2v) is 7.96. The van der Waals surface area contributed by atoms with Crippen molar-refractivity contribution in [2.75, 3.05) is 19.6 Å². The molecule has 2 nitrogen and oxygen atoms in total. The third-order valence-corrected chi connectivity index (χ3v) is 5.73. The highest BCUT2D eigenvalue weighted by Crippen LogP contribution is 2.36. The van der Waals surface area contributed by atoms with Crippen molar-refractivity contribution in [1.82, 2.24) is 10.2 Å². The van der Waals surface area contributed by atoms with E-state index in [2.05, 4.69) is 17.1 Å². The predicted molar refractivity (Wildman–Crippen MR) is 90.6 cm³/mol. The summed E-state index contributed by atoms with van der Waals surface area (Å²) in [6.07, 6.45) is 16.0. The van der Waals surface area contributed by atoms with Gasteiger partial charge in [-0.1, -0.05) is 32.6 Å². The molecule has 0 aromatic carbocycles. The second kappa shape index (κ2) is 7.97. The van der Waals surface area contributed by atoms with Gasteiger partial charge in [0.25, 0.3) is 0 Å². The minimum Gasteiger partial charge on any atom is -0.312 e. The van der Waals surface area contributed by atoms with Gasteiger partial charge in [0.2, 0.25) is 0 Å². The lowest BCUT2D eigenvalue weighted by atomic mass is 9.90. The van der Waals surface area contributed by atoms with Crippen molar-refractivity contribution in [2.24, 2.45) is 11.8 Å². The molecule has 0 aliphatic heterocycles. The second-order valence-electron chi connectivity index (χ2n) is 7.96. The highest BCUT2D eigenvalue weighted by molar-refractivity contribution is 4.91. The summed E-state index contributed by atoms with van der Waals surface area (Å²) in [5, 5.41) is 3.92. The van der Waals surface area contributed by atoms with Crippen LogP contribution in [0, 0.1) is 11.8 Å². The van der Waals surface area contributed by atoms with Crippen molar-refractivity contribution in [3.8, 4) is 0 Å². The van der Waals surface area contributed by atoms with Gasteiger partial charge in [0.1, 0.15) is 0 Å². The molecule has 2 unspecified atom stereocenters. The molecule has 122 valence electrons.